The Bertz CT molecular complexity index is 909. The van der Waals surface area contributed by atoms with Crippen LogP contribution in [-0.4, -0.2) is 52.1 Å². The summed E-state index contributed by atoms with van der Waals surface area (Å²) in [5.74, 6) is 0.489. The lowest BCUT2D eigenvalue weighted by Crippen LogP contribution is -2.72. The molecule has 2 saturated heterocycles. The van der Waals surface area contributed by atoms with Crippen LogP contribution in [0, 0.1) is 0 Å². The Balaban J connectivity index is 1.25. The molecule has 27 heavy (non-hydrogen) atoms. The van der Waals surface area contributed by atoms with Crippen LogP contribution in [0.2, 0.25) is 10.0 Å². The summed E-state index contributed by atoms with van der Waals surface area (Å²) in [5.41, 5.74) is 2.71. The molecule has 1 atom stereocenters. The van der Waals surface area contributed by atoms with Gasteiger partial charge in [-0.2, -0.15) is 0 Å². The van der Waals surface area contributed by atoms with E-state index in [-0.39, 0.29) is 17.5 Å². The molecule has 1 amide bonds. The molecule has 2 fully saturated rings. The standard InChI is InChI=1S/C19H18Cl2N4O2/c20-15-2-1-11-5-13(6-14(11)16(15)21)24-18-22-7-12(8-23-18)17(26)25-4-3-19(25)9-27-10-19/h1-2,7-8,13H,3-6,9-10H2,(H,22,23,24). The highest BCUT2D eigenvalue weighted by atomic mass is 35.5. The topological polar surface area (TPSA) is 67.4 Å². The van der Waals surface area contributed by atoms with E-state index in [9.17, 15) is 4.79 Å². The molecule has 3 aliphatic rings. The summed E-state index contributed by atoms with van der Waals surface area (Å²) in [5, 5.41) is 4.54. The molecule has 2 aliphatic heterocycles. The summed E-state index contributed by atoms with van der Waals surface area (Å²) in [7, 11) is 0. The Kier molecular flexibility index (Phi) is 4.04. The zero-order chi connectivity index (χ0) is 18.6. The van der Waals surface area contributed by atoms with Crippen LogP contribution in [-0.2, 0) is 17.6 Å². The summed E-state index contributed by atoms with van der Waals surface area (Å²) in [6.45, 7) is 2.04. The number of hydrogen-bond acceptors (Lipinski definition) is 5. The van der Waals surface area contributed by atoms with Gasteiger partial charge in [-0.3, -0.25) is 4.79 Å². The number of amides is 1. The normalized spacial score (nSPS) is 22.1. The zero-order valence-corrected chi connectivity index (χ0v) is 16.1. The Morgan fingerprint density at radius 1 is 1.22 bits per heavy atom. The predicted molar refractivity (Wildman–Crippen MR) is 103 cm³/mol. The van der Waals surface area contributed by atoms with Crippen LogP contribution < -0.4 is 5.32 Å². The van der Waals surface area contributed by atoms with E-state index in [1.54, 1.807) is 12.4 Å². The van der Waals surface area contributed by atoms with Gasteiger partial charge in [-0.05, 0) is 36.5 Å². The third kappa shape index (κ3) is 2.78. The summed E-state index contributed by atoms with van der Waals surface area (Å²) in [6.07, 6.45) is 5.81. The van der Waals surface area contributed by atoms with Crippen LogP contribution in [0.25, 0.3) is 0 Å². The minimum absolute atomic E-state index is 0.0224. The largest absolute Gasteiger partial charge is 0.376 e. The maximum absolute atomic E-state index is 12.7. The van der Waals surface area contributed by atoms with Gasteiger partial charge in [0.25, 0.3) is 5.91 Å². The number of nitrogens with zero attached hydrogens (tertiary/aromatic N) is 3. The summed E-state index contributed by atoms with van der Waals surface area (Å²) in [4.78, 5) is 23.2. The highest BCUT2D eigenvalue weighted by molar-refractivity contribution is 6.42. The van der Waals surface area contributed by atoms with Crippen molar-refractivity contribution >= 4 is 35.1 Å². The number of hydrogen-bond donors (Lipinski definition) is 1. The molecule has 0 bridgehead atoms. The quantitative estimate of drug-likeness (QED) is 0.851. The highest BCUT2D eigenvalue weighted by Gasteiger charge is 2.53. The third-order valence-corrected chi connectivity index (χ3v) is 6.65. The average molecular weight is 405 g/mol. The molecular formula is C19H18Cl2N4O2. The molecule has 6 nitrogen and oxygen atoms in total. The maximum atomic E-state index is 12.7. The number of aromatic nitrogens is 2. The van der Waals surface area contributed by atoms with E-state index in [0.29, 0.717) is 34.8 Å². The molecule has 5 rings (SSSR count). The molecule has 1 N–H and O–H groups in total. The second-order valence-corrected chi connectivity index (χ2v) is 8.25. The van der Waals surface area contributed by atoms with E-state index in [1.165, 1.54) is 5.56 Å². The lowest BCUT2D eigenvalue weighted by atomic mass is 9.82. The maximum Gasteiger partial charge on any atom is 0.257 e. The van der Waals surface area contributed by atoms with Crippen LogP contribution in [0.4, 0.5) is 5.95 Å². The number of carbonyl (C=O) groups excluding carboxylic acids is 1. The van der Waals surface area contributed by atoms with Crippen LogP contribution >= 0.6 is 23.2 Å². The van der Waals surface area contributed by atoms with E-state index in [0.717, 1.165) is 31.4 Å². The Hall–Kier alpha value is -1.89. The molecule has 3 heterocycles. The number of rotatable bonds is 3. The van der Waals surface area contributed by atoms with Gasteiger partial charge in [0.2, 0.25) is 5.95 Å². The predicted octanol–water partition coefficient (Wildman–Crippen LogP) is 2.98. The van der Waals surface area contributed by atoms with Gasteiger partial charge in [0, 0.05) is 25.0 Å². The van der Waals surface area contributed by atoms with Crippen molar-refractivity contribution in [1.82, 2.24) is 14.9 Å². The number of likely N-dealkylation sites (tertiary alicyclic amines) is 1. The number of anilines is 1. The van der Waals surface area contributed by atoms with E-state index < -0.39 is 0 Å². The Morgan fingerprint density at radius 2 is 2.00 bits per heavy atom. The highest BCUT2D eigenvalue weighted by Crippen LogP contribution is 2.38. The minimum atomic E-state index is -0.0792. The lowest BCUT2D eigenvalue weighted by molar-refractivity contribution is -0.172. The van der Waals surface area contributed by atoms with Crippen molar-refractivity contribution in [2.75, 3.05) is 25.1 Å². The van der Waals surface area contributed by atoms with Gasteiger partial charge in [-0.1, -0.05) is 29.3 Å². The van der Waals surface area contributed by atoms with E-state index >= 15 is 0 Å². The number of carbonyl (C=O) groups is 1. The average Bonchev–Trinajstić information content (AvgIpc) is 3.00. The van der Waals surface area contributed by atoms with Crippen LogP contribution in [0.5, 0.6) is 0 Å². The van der Waals surface area contributed by atoms with Gasteiger partial charge in [-0.25, -0.2) is 9.97 Å². The molecule has 1 spiro atoms. The van der Waals surface area contributed by atoms with Crippen LogP contribution in [0.15, 0.2) is 24.5 Å². The SMILES string of the molecule is O=C(c1cnc(NC2Cc3ccc(Cl)c(Cl)c3C2)nc1)N1CCC12COC2. The first-order chi connectivity index (χ1) is 13.1. The van der Waals surface area contributed by atoms with Crippen LogP contribution in [0.1, 0.15) is 27.9 Å². The van der Waals surface area contributed by atoms with E-state index in [1.807, 2.05) is 17.0 Å². The number of ether oxygens (including phenoxy) is 1. The van der Waals surface area contributed by atoms with Gasteiger partial charge < -0.3 is 15.0 Å². The fourth-order valence-electron chi connectivity index (χ4n) is 4.08. The van der Waals surface area contributed by atoms with Crippen molar-refractivity contribution in [3.63, 3.8) is 0 Å². The monoisotopic (exact) mass is 404 g/mol. The van der Waals surface area contributed by atoms with E-state index in [4.69, 9.17) is 27.9 Å². The van der Waals surface area contributed by atoms with Gasteiger partial charge >= 0.3 is 0 Å². The number of fused-ring (bicyclic) bond motifs is 1. The smallest absolute Gasteiger partial charge is 0.257 e. The summed E-state index contributed by atoms with van der Waals surface area (Å²) >= 11 is 12.4. The first kappa shape index (κ1) is 17.2. The molecule has 1 aromatic heterocycles. The van der Waals surface area contributed by atoms with Gasteiger partial charge in [-0.15, -0.1) is 0 Å². The minimum Gasteiger partial charge on any atom is -0.376 e. The van der Waals surface area contributed by atoms with Gasteiger partial charge in [0.05, 0.1) is 34.4 Å². The first-order valence-electron chi connectivity index (χ1n) is 9.00. The fraction of sp³-hybridized carbons (Fsp3) is 0.421. The molecule has 1 unspecified atom stereocenters. The van der Waals surface area contributed by atoms with Gasteiger partial charge in [0.1, 0.15) is 0 Å². The van der Waals surface area contributed by atoms with Crippen molar-refractivity contribution in [3.05, 3.63) is 51.3 Å². The van der Waals surface area contributed by atoms with E-state index in [2.05, 4.69) is 15.3 Å². The van der Waals surface area contributed by atoms with Crippen LogP contribution in [0.3, 0.4) is 0 Å². The summed E-state index contributed by atoms with van der Waals surface area (Å²) in [6, 6.07) is 4.00. The van der Waals surface area contributed by atoms with Crippen molar-refractivity contribution in [2.24, 2.45) is 0 Å². The molecule has 0 saturated carbocycles. The molecular weight excluding hydrogens is 387 g/mol. The van der Waals surface area contributed by atoms with Crippen molar-refractivity contribution in [2.45, 2.75) is 30.8 Å². The number of nitrogens with one attached hydrogen (secondary N) is 1. The Morgan fingerprint density at radius 3 is 2.63 bits per heavy atom. The third-order valence-electron chi connectivity index (χ3n) is 5.80. The molecule has 0 radical (unpaired) electrons. The molecule has 1 aliphatic carbocycles. The van der Waals surface area contributed by atoms with Gasteiger partial charge in [0.15, 0.2) is 0 Å². The summed E-state index contributed by atoms with van der Waals surface area (Å²) < 4.78 is 5.28. The number of halogens is 2. The molecule has 140 valence electrons. The van der Waals surface area contributed by atoms with Crippen molar-refractivity contribution < 1.29 is 9.53 Å². The second kappa shape index (κ2) is 6.33. The molecule has 8 heteroatoms. The van der Waals surface area contributed by atoms with Crippen molar-refractivity contribution in [1.29, 1.82) is 0 Å². The molecule has 1 aromatic carbocycles. The first-order valence-corrected chi connectivity index (χ1v) is 9.75. The number of benzene rings is 1. The Labute approximate surface area is 166 Å². The zero-order valence-electron chi connectivity index (χ0n) is 14.5. The second-order valence-electron chi connectivity index (χ2n) is 7.47. The lowest BCUT2D eigenvalue weighted by Gasteiger charge is -2.57. The van der Waals surface area contributed by atoms with Crippen molar-refractivity contribution in [3.8, 4) is 0 Å². The fourth-order valence-corrected chi connectivity index (χ4v) is 4.52. The molecule has 2 aromatic rings.